The van der Waals surface area contributed by atoms with E-state index in [9.17, 15) is 9.59 Å². The molecule has 4 nitrogen and oxygen atoms in total. The van der Waals surface area contributed by atoms with Gasteiger partial charge in [-0.05, 0) is 71.1 Å². The van der Waals surface area contributed by atoms with Crippen LogP contribution in [0, 0.1) is 13.8 Å². The van der Waals surface area contributed by atoms with Gasteiger partial charge in [0.2, 0.25) is 0 Å². The van der Waals surface area contributed by atoms with Crippen molar-refractivity contribution in [2.75, 3.05) is 6.54 Å². The number of ether oxygens (including phenoxy) is 1. The summed E-state index contributed by atoms with van der Waals surface area (Å²) in [6.07, 6.45) is 2.66. The third-order valence-corrected chi connectivity index (χ3v) is 4.96. The molecule has 1 atom stereocenters. The number of amides is 1. The minimum absolute atomic E-state index is 0.0424. The van der Waals surface area contributed by atoms with Crippen molar-refractivity contribution < 1.29 is 14.3 Å². The fraction of sp³-hybridized carbons (Fsp3) is 0.619. The van der Waals surface area contributed by atoms with Crippen molar-refractivity contribution in [2.24, 2.45) is 0 Å². The monoisotopic (exact) mass is 345 g/mol. The third-order valence-electron chi connectivity index (χ3n) is 4.96. The normalized spacial score (nSPS) is 20.6. The Morgan fingerprint density at radius 1 is 1.20 bits per heavy atom. The number of ketones is 1. The van der Waals surface area contributed by atoms with Gasteiger partial charge in [-0.3, -0.25) is 9.69 Å². The van der Waals surface area contributed by atoms with Gasteiger partial charge in [0.05, 0.1) is 0 Å². The van der Waals surface area contributed by atoms with E-state index < -0.39 is 11.1 Å². The molecular formula is C21H31NO3. The van der Waals surface area contributed by atoms with E-state index >= 15 is 0 Å². The Morgan fingerprint density at radius 2 is 1.88 bits per heavy atom. The average Bonchev–Trinajstić information content (AvgIpc) is 2.93. The second kappa shape index (κ2) is 7.19. The van der Waals surface area contributed by atoms with E-state index in [4.69, 9.17) is 4.74 Å². The number of carbonyl (C=O) groups excluding carboxylic acids is 2. The van der Waals surface area contributed by atoms with Crippen molar-refractivity contribution in [1.82, 2.24) is 4.90 Å². The van der Waals surface area contributed by atoms with Crippen LogP contribution < -0.4 is 0 Å². The van der Waals surface area contributed by atoms with Gasteiger partial charge in [-0.15, -0.1) is 0 Å². The molecule has 0 radical (unpaired) electrons. The Hall–Kier alpha value is -1.84. The fourth-order valence-electron chi connectivity index (χ4n) is 3.64. The van der Waals surface area contributed by atoms with Gasteiger partial charge in [-0.1, -0.05) is 25.5 Å². The van der Waals surface area contributed by atoms with Crippen LogP contribution in [0.5, 0.6) is 0 Å². The zero-order chi connectivity index (χ0) is 18.8. The van der Waals surface area contributed by atoms with Crippen LogP contribution in [0.1, 0.15) is 74.9 Å². The van der Waals surface area contributed by atoms with Crippen LogP contribution in [0.4, 0.5) is 4.79 Å². The molecule has 0 bridgehead atoms. The highest BCUT2D eigenvalue weighted by atomic mass is 16.6. The molecular weight excluding hydrogens is 314 g/mol. The highest BCUT2D eigenvalue weighted by Gasteiger charge is 2.50. The maximum absolute atomic E-state index is 13.5. The molecule has 1 saturated heterocycles. The van der Waals surface area contributed by atoms with E-state index in [1.54, 1.807) is 4.90 Å². The number of Topliss-reactive ketones (excluding diaryl/α,β-unsaturated/α-hetero) is 1. The molecule has 138 valence electrons. The molecule has 0 aliphatic carbocycles. The number of benzene rings is 1. The minimum Gasteiger partial charge on any atom is -0.444 e. The maximum Gasteiger partial charge on any atom is 0.411 e. The number of carbonyl (C=O) groups is 2. The van der Waals surface area contributed by atoms with Crippen molar-refractivity contribution >= 4 is 11.9 Å². The van der Waals surface area contributed by atoms with Crippen LogP contribution in [0.25, 0.3) is 0 Å². The topological polar surface area (TPSA) is 46.6 Å². The van der Waals surface area contributed by atoms with E-state index in [2.05, 4.69) is 6.92 Å². The van der Waals surface area contributed by atoms with Gasteiger partial charge in [0.25, 0.3) is 0 Å². The van der Waals surface area contributed by atoms with Gasteiger partial charge in [-0.2, -0.15) is 0 Å². The summed E-state index contributed by atoms with van der Waals surface area (Å²) in [5.74, 6) is 0.0424. The van der Waals surface area contributed by atoms with Gasteiger partial charge < -0.3 is 4.74 Å². The molecule has 1 aliphatic heterocycles. The Labute approximate surface area is 151 Å². The summed E-state index contributed by atoms with van der Waals surface area (Å²) in [6, 6.07) is 5.81. The zero-order valence-corrected chi connectivity index (χ0v) is 16.4. The van der Waals surface area contributed by atoms with Crippen LogP contribution in [-0.2, 0) is 4.74 Å². The highest BCUT2D eigenvalue weighted by Crippen LogP contribution is 2.38. The van der Waals surface area contributed by atoms with E-state index in [1.807, 2.05) is 52.8 Å². The first-order chi connectivity index (χ1) is 11.6. The van der Waals surface area contributed by atoms with Gasteiger partial charge in [0.1, 0.15) is 11.1 Å². The Kier molecular flexibility index (Phi) is 5.60. The lowest BCUT2D eigenvalue weighted by Gasteiger charge is -2.38. The van der Waals surface area contributed by atoms with Crippen molar-refractivity contribution in [3.05, 3.63) is 34.9 Å². The number of nitrogens with zero attached hydrogens (tertiary/aromatic N) is 1. The number of hydrogen-bond donors (Lipinski definition) is 0. The number of likely N-dealkylation sites (tertiary alicyclic amines) is 1. The minimum atomic E-state index is -0.779. The second-order valence-corrected chi connectivity index (χ2v) is 8.15. The largest absolute Gasteiger partial charge is 0.444 e. The van der Waals surface area contributed by atoms with Crippen molar-refractivity contribution in [3.8, 4) is 0 Å². The molecule has 1 aliphatic rings. The molecule has 1 heterocycles. The van der Waals surface area contributed by atoms with Gasteiger partial charge >= 0.3 is 6.09 Å². The van der Waals surface area contributed by atoms with Gasteiger partial charge in [0.15, 0.2) is 5.78 Å². The molecule has 1 amide bonds. The van der Waals surface area contributed by atoms with Crippen LogP contribution in [-0.4, -0.2) is 34.5 Å². The Balaban J connectivity index is 2.40. The van der Waals surface area contributed by atoms with Crippen molar-refractivity contribution in [2.45, 2.75) is 78.4 Å². The van der Waals surface area contributed by atoms with Crippen molar-refractivity contribution in [1.29, 1.82) is 0 Å². The molecule has 0 saturated carbocycles. The molecule has 25 heavy (non-hydrogen) atoms. The smallest absolute Gasteiger partial charge is 0.411 e. The summed E-state index contributed by atoms with van der Waals surface area (Å²) in [4.78, 5) is 27.9. The lowest BCUT2D eigenvalue weighted by Crippen LogP contribution is -2.54. The molecule has 1 aromatic carbocycles. The maximum atomic E-state index is 13.5. The van der Waals surface area contributed by atoms with Crippen LogP contribution in [0.15, 0.2) is 18.2 Å². The first-order valence-corrected chi connectivity index (χ1v) is 9.23. The molecule has 4 heteroatoms. The molecule has 0 spiro atoms. The number of hydrogen-bond acceptors (Lipinski definition) is 3. The molecule has 1 fully saturated rings. The quantitative estimate of drug-likeness (QED) is 0.717. The lowest BCUT2D eigenvalue weighted by atomic mass is 9.82. The molecule has 1 unspecified atom stereocenters. The van der Waals surface area contributed by atoms with Gasteiger partial charge in [0, 0.05) is 12.1 Å². The van der Waals surface area contributed by atoms with Crippen LogP contribution in [0.2, 0.25) is 0 Å². The fourth-order valence-corrected chi connectivity index (χ4v) is 3.64. The van der Waals surface area contributed by atoms with Crippen LogP contribution in [0.3, 0.4) is 0 Å². The summed E-state index contributed by atoms with van der Waals surface area (Å²) >= 11 is 0. The van der Waals surface area contributed by atoms with E-state index in [1.165, 1.54) is 0 Å². The Bertz CT molecular complexity index is 660. The highest BCUT2D eigenvalue weighted by molar-refractivity contribution is 6.05. The lowest BCUT2D eigenvalue weighted by molar-refractivity contribution is 0.00733. The summed E-state index contributed by atoms with van der Waals surface area (Å²) in [7, 11) is 0. The van der Waals surface area contributed by atoms with E-state index in [-0.39, 0.29) is 11.9 Å². The van der Waals surface area contributed by atoms with Crippen LogP contribution >= 0.6 is 0 Å². The van der Waals surface area contributed by atoms with Crippen molar-refractivity contribution in [3.63, 3.8) is 0 Å². The molecule has 0 aromatic heterocycles. The third kappa shape index (κ3) is 4.05. The summed E-state index contributed by atoms with van der Waals surface area (Å²) < 4.78 is 5.59. The average molecular weight is 345 g/mol. The molecule has 1 aromatic rings. The summed E-state index contributed by atoms with van der Waals surface area (Å²) in [5, 5.41) is 0. The first kappa shape index (κ1) is 19.5. The molecule has 0 N–H and O–H groups in total. The standard InChI is InChI=1S/C21H31NO3/c1-7-11-21(18(23)17-10-9-15(2)16(3)14-17)12-8-13-22(21)19(24)25-20(4,5)6/h9-10,14H,7-8,11-13H2,1-6H3. The van der Waals surface area contributed by atoms with Gasteiger partial charge in [-0.25, -0.2) is 4.79 Å². The predicted octanol–water partition coefficient (Wildman–Crippen LogP) is 5.06. The summed E-state index contributed by atoms with van der Waals surface area (Å²) in [6.45, 7) is 12.2. The zero-order valence-electron chi connectivity index (χ0n) is 16.4. The number of rotatable bonds is 4. The SMILES string of the molecule is CCCC1(C(=O)c2ccc(C)c(C)c2)CCCN1C(=O)OC(C)(C)C. The Morgan fingerprint density at radius 3 is 2.44 bits per heavy atom. The first-order valence-electron chi connectivity index (χ1n) is 9.23. The predicted molar refractivity (Wildman–Crippen MR) is 100 cm³/mol. The molecule has 2 rings (SSSR count). The number of aryl methyl sites for hydroxylation is 2. The second-order valence-electron chi connectivity index (χ2n) is 8.15. The van der Waals surface area contributed by atoms with E-state index in [0.717, 1.165) is 24.0 Å². The summed E-state index contributed by atoms with van der Waals surface area (Å²) in [5.41, 5.74) is 1.60. The van der Waals surface area contributed by atoms with E-state index in [0.29, 0.717) is 24.9 Å².